The second-order valence-corrected chi connectivity index (χ2v) is 4.55. The molecule has 5 heteroatoms. The third-order valence-electron chi connectivity index (χ3n) is 2.74. The number of benzene rings is 1. The second-order valence-electron chi connectivity index (χ2n) is 4.11. The Bertz CT molecular complexity index is 382. The summed E-state index contributed by atoms with van der Waals surface area (Å²) in [5.74, 6) is -0.447. The molecule has 1 aliphatic rings. The van der Waals surface area contributed by atoms with E-state index < -0.39 is 5.82 Å². The molecule has 1 aromatic rings. The van der Waals surface area contributed by atoms with Crippen LogP contribution in [0.15, 0.2) is 12.1 Å². The van der Waals surface area contributed by atoms with Gasteiger partial charge in [-0.2, -0.15) is 0 Å². The predicted molar refractivity (Wildman–Crippen MR) is 64.6 cm³/mol. The summed E-state index contributed by atoms with van der Waals surface area (Å²) in [5, 5.41) is 9.78. The minimum absolute atomic E-state index is 0. The normalized spacial score (nSPS) is 16.7. The molecule has 0 spiro atoms. The Balaban J connectivity index is 0.00000128. The van der Waals surface area contributed by atoms with Gasteiger partial charge in [0.05, 0.1) is 0 Å². The lowest BCUT2D eigenvalue weighted by Gasteiger charge is -2.13. The Morgan fingerprint density at radius 2 is 2.12 bits per heavy atom. The zero-order valence-corrected chi connectivity index (χ0v) is 10.2. The fraction of sp³-hybridized carbons (Fsp3) is 0.455. The van der Waals surface area contributed by atoms with Crippen molar-refractivity contribution >= 4 is 24.0 Å². The van der Waals surface area contributed by atoms with Crippen molar-refractivity contribution in [3.8, 4) is 5.75 Å². The monoisotopic (exact) mass is 265 g/mol. The SMILES string of the molecule is Cl.N[C@H](CC1CC1)c1cc(Cl)cc(F)c1O. The van der Waals surface area contributed by atoms with Crippen molar-refractivity contribution < 1.29 is 9.50 Å². The first-order chi connectivity index (χ1) is 7.08. The Hall–Kier alpha value is -0.510. The maximum absolute atomic E-state index is 13.2. The molecule has 0 unspecified atom stereocenters. The van der Waals surface area contributed by atoms with Gasteiger partial charge in [0.25, 0.3) is 0 Å². The van der Waals surface area contributed by atoms with Crippen LogP contribution >= 0.6 is 24.0 Å². The largest absolute Gasteiger partial charge is 0.505 e. The first-order valence-corrected chi connectivity index (χ1v) is 5.39. The number of halogens is 3. The van der Waals surface area contributed by atoms with Gasteiger partial charge in [-0.15, -0.1) is 12.4 Å². The summed E-state index contributed by atoms with van der Waals surface area (Å²) in [5.41, 5.74) is 6.30. The molecule has 90 valence electrons. The molecule has 2 nitrogen and oxygen atoms in total. The summed E-state index contributed by atoms with van der Waals surface area (Å²) in [4.78, 5) is 0. The Morgan fingerprint density at radius 3 is 2.69 bits per heavy atom. The van der Waals surface area contributed by atoms with Gasteiger partial charge in [0, 0.05) is 16.6 Å². The molecule has 1 aliphatic carbocycles. The van der Waals surface area contributed by atoms with E-state index in [0.29, 0.717) is 11.5 Å². The molecule has 1 aromatic carbocycles. The van der Waals surface area contributed by atoms with Crippen LogP contribution in [0.1, 0.15) is 30.9 Å². The van der Waals surface area contributed by atoms with Crippen molar-refractivity contribution in [2.24, 2.45) is 11.7 Å². The minimum Gasteiger partial charge on any atom is -0.505 e. The highest BCUT2D eigenvalue weighted by atomic mass is 35.5. The van der Waals surface area contributed by atoms with Gasteiger partial charge in [-0.1, -0.05) is 24.4 Å². The molecule has 0 amide bonds. The molecule has 0 saturated heterocycles. The Morgan fingerprint density at radius 1 is 1.50 bits per heavy atom. The smallest absolute Gasteiger partial charge is 0.166 e. The molecule has 0 bridgehead atoms. The maximum Gasteiger partial charge on any atom is 0.166 e. The zero-order valence-electron chi connectivity index (χ0n) is 8.62. The predicted octanol–water partition coefficient (Wildman–Crippen LogP) is 3.41. The van der Waals surface area contributed by atoms with Gasteiger partial charge in [-0.3, -0.25) is 0 Å². The Kier molecular flexibility index (Phi) is 4.42. The third-order valence-corrected chi connectivity index (χ3v) is 2.96. The van der Waals surface area contributed by atoms with Crippen LogP contribution < -0.4 is 5.73 Å². The number of aromatic hydroxyl groups is 1. The summed E-state index contributed by atoms with van der Waals surface area (Å²) in [7, 11) is 0. The number of rotatable bonds is 3. The average molecular weight is 266 g/mol. The van der Waals surface area contributed by atoms with Gasteiger partial charge in [-0.05, 0) is 24.5 Å². The van der Waals surface area contributed by atoms with Gasteiger partial charge in [0.1, 0.15) is 0 Å². The number of nitrogens with two attached hydrogens (primary N) is 1. The van der Waals surface area contributed by atoms with Gasteiger partial charge in [-0.25, -0.2) is 4.39 Å². The van der Waals surface area contributed by atoms with Crippen LogP contribution in [0.4, 0.5) is 4.39 Å². The van der Waals surface area contributed by atoms with Crippen molar-refractivity contribution in [3.05, 3.63) is 28.5 Å². The lowest BCUT2D eigenvalue weighted by atomic mass is 10.0. The van der Waals surface area contributed by atoms with E-state index >= 15 is 0 Å². The van der Waals surface area contributed by atoms with Crippen molar-refractivity contribution in [1.82, 2.24) is 0 Å². The second kappa shape index (κ2) is 5.21. The first-order valence-electron chi connectivity index (χ1n) is 5.01. The fourth-order valence-corrected chi connectivity index (χ4v) is 1.92. The summed E-state index contributed by atoms with van der Waals surface area (Å²) in [6.45, 7) is 0. The molecule has 1 fully saturated rings. The molecular weight excluding hydrogens is 252 g/mol. The summed E-state index contributed by atoms with van der Waals surface area (Å²) >= 11 is 5.71. The highest BCUT2D eigenvalue weighted by Crippen LogP contribution is 2.39. The van der Waals surface area contributed by atoms with Gasteiger partial charge in [0.2, 0.25) is 0 Å². The van der Waals surface area contributed by atoms with E-state index in [9.17, 15) is 9.50 Å². The molecule has 1 saturated carbocycles. The molecule has 3 N–H and O–H groups in total. The van der Waals surface area contributed by atoms with E-state index in [4.69, 9.17) is 17.3 Å². The lowest BCUT2D eigenvalue weighted by Crippen LogP contribution is -2.11. The molecule has 0 radical (unpaired) electrons. The van der Waals surface area contributed by atoms with Crippen LogP contribution in [0.2, 0.25) is 5.02 Å². The molecular formula is C11H14Cl2FNO. The molecule has 0 aromatic heterocycles. The molecule has 0 heterocycles. The number of phenolic OH excluding ortho intramolecular Hbond substituents is 1. The number of phenols is 1. The fourth-order valence-electron chi connectivity index (χ4n) is 1.71. The van der Waals surface area contributed by atoms with E-state index in [0.717, 1.165) is 12.5 Å². The molecule has 0 aliphatic heterocycles. The molecule has 1 atom stereocenters. The topological polar surface area (TPSA) is 46.2 Å². The van der Waals surface area contributed by atoms with E-state index in [1.54, 1.807) is 0 Å². The van der Waals surface area contributed by atoms with Crippen molar-refractivity contribution in [3.63, 3.8) is 0 Å². The van der Waals surface area contributed by atoms with Crippen LogP contribution in [-0.4, -0.2) is 5.11 Å². The van der Waals surface area contributed by atoms with E-state index in [2.05, 4.69) is 0 Å². The van der Waals surface area contributed by atoms with Gasteiger partial charge < -0.3 is 10.8 Å². The number of hydrogen-bond acceptors (Lipinski definition) is 2. The van der Waals surface area contributed by atoms with Gasteiger partial charge in [0.15, 0.2) is 11.6 Å². The van der Waals surface area contributed by atoms with Crippen molar-refractivity contribution in [1.29, 1.82) is 0 Å². The van der Waals surface area contributed by atoms with Crippen molar-refractivity contribution in [2.75, 3.05) is 0 Å². The minimum atomic E-state index is -0.705. The van der Waals surface area contributed by atoms with E-state index in [1.807, 2.05) is 0 Å². The first kappa shape index (κ1) is 13.6. The van der Waals surface area contributed by atoms with Crippen LogP contribution in [0.3, 0.4) is 0 Å². The zero-order chi connectivity index (χ0) is 11.0. The summed E-state index contributed by atoms with van der Waals surface area (Å²) < 4.78 is 13.2. The highest BCUT2D eigenvalue weighted by molar-refractivity contribution is 6.30. The van der Waals surface area contributed by atoms with E-state index in [1.165, 1.54) is 18.9 Å². The lowest BCUT2D eigenvalue weighted by molar-refractivity contribution is 0.417. The van der Waals surface area contributed by atoms with Crippen molar-refractivity contribution in [2.45, 2.75) is 25.3 Å². The van der Waals surface area contributed by atoms with Gasteiger partial charge >= 0.3 is 0 Å². The molecule has 16 heavy (non-hydrogen) atoms. The summed E-state index contributed by atoms with van der Waals surface area (Å²) in [6, 6.07) is 2.29. The maximum atomic E-state index is 13.2. The average Bonchev–Trinajstić information content (AvgIpc) is 2.94. The van der Waals surface area contributed by atoms with Crippen LogP contribution in [0, 0.1) is 11.7 Å². The van der Waals surface area contributed by atoms with Crippen LogP contribution in [0.5, 0.6) is 5.75 Å². The van der Waals surface area contributed by atoms with Crippen LogP contribution in [-0.2, 0) is 0 Å². The Labute approximate surface area is 105 Å². The summed E-state index contributed by atoms with van der Waals surface area (Å²) in [6.07, 6.45) is 3.14. The van der Waals surface area contributed by atoms with E-state index in [-0.39, 0.29) is 29.2 Å². The standard InChI is InChI=1S/C11H13ClFNO.ClH/c12-7-4-8(11(15)9(13)5-7)10(14)3-6-1-2-6;/h4-6,10,15H,1-3,14H2;1H/t10-;/m1./s1. The third kappa shape index (κ3) is 3.00. The quantitative estimate of drug-likeness (QED) is 0.880. The number of hydrogen-bond donors (Lipinski definition) is 2. The highest BCUT2D eigenvalue weighted by Gasteiger charge is 2.26. The molecule has 2 rings (SSSR count). The van der Waals surface area contributed by atoms with Crippen LogP contribution in [0.25, 0.3) is 0 Å².